The molecule has 1 aromatic carbocycles. The van der Waals surface area contributed by atoms with Crippen molar-refractivity contribution < 1.29 is 67.1 Å². The summed E-state index contributed by atoms with van der Waals surface area (Å²) in [5.41, 5.74) is -3.24. The zero-order chi connectivity index (χ0) is 20.9. The van der Waals surface area contributed by atoms with E-state index < -0.39 is 62.6 Å². The summed E-state index contributed by atoms with van der Waals surface area (Å²) in [6, 6.07) is 0. The molecule has 0 aromatic heterocycles. The van der Waals surface area contributed by atoms with Crippen LogP contribution in [0.1, 0.15) is 51.8 Å². The van der Waals surface area contributed by atoms with Gasteiger partial charge < -0.3 is 23.7 Å². The maximum atomic E-state index is 12.4. The number of ether oxygens (including phenoxy) is 5. The van der Waals surface area contributed by atoms with E-state index in [1.165, 1.54) is 0 Å². The summed E-state index contributed by atoms with van der Waals surface area (Å²) in [4.78, 5) is 61.1. The molecule has 1 rings (SSSR count). The van der Waals surface area contributed by atoms with E-state index in [1.807, 2.05) is 0 Å². The summed E-state index contributed by atoms with van der Waals surface area (Å²) in [6.07, 6.45) is 0. The standard InChI is InChI=1S/C16H16O10S.Zn/c1-22-12(17)6-7(13(18)23-2)9(15(20)25-4)11(27)10(16(21)26-5)8(6)14(19)24-3;/h27H,1-5H3;. The molecule has 0 aliphatic rings. The van der Waals surface area contributed by atoms with E-state index >= 15 is 0 Å². The van der Waals surface area contributed by atoms with Crippen molar-refractivity contribution in [1.29, 1.82) is 0 Å². The fraction of sp³-hybridized carbons (Fsp3) is 0.312. The zero-order valence-electron chi connectivity index (χ0n) is 15.7. The molecule has 12 heteroatoms. The minimum absolute atomic E-state index is 0. The molecule has 0 unspecified atom stereocenters. The third kappa shape index (κ3) is 4.50. The fourth-order valence-electron chi connectivity index (χ4n) is 2.26. The van der Waals surface area contributed by atoms with Crippen LogP contribution in [0, 0.1) is 0 Å². The predicted molar refractivity (Wildman–Crippen MR) is 90.4 cm³/mol. The second-order valence-corrected chi connectivity index (χ2v) is 5.13. The van der Waals surface area contributed by atoms with Gasteiger partial charge in [-0.15, -0.1) is 12.6 Å². The maximum absolute atomic E-state index is 12.4. The smallest absolute Gasteiger partial charge is 0.339 e. The summed E-state index contributed by atoms with van der Waals surface area (Å²) in [5.74, 6) is -5.79. The largest absolute Gasteiger partial charge is 0.465 e. The Hall–Kier alpha value is -2.46. The quantitative estimate of drug-likeness (QED) is 0.289. The number of thiol groups is 1. The normalized spacial score (nSPS) is 9.50. The molecule has 1 aromatic rings. The van der Waals surface area contributed by atoms with Gasteiger partial charge in [0.05, 0.1) is 63.4 Å². The molecule has 0 radical (unpaired) electrons. The Morgan fingerprint density at radius 1 is 0.500 bits per heavy atom. The Labute approximate surface area is 177 Å². The van der Waals surface area contributed by atoms with Crippen LogP contribution < -0.4 is 0 Å². The van der Waals surface area contributed by atoms with Crippen molar-refractivity contribution in [3.63, 3.8) is 0 Å². The molecule has 10 nitrogen and oxygen atoms in total. The Kier molecular flexibility index (Phi) is 9.82. The number of carbonyl (C=O) groups excluding carboxylic acids is 5. The average molecular weight is 466 g/mol. The number of hydrogen-bond donors (Lipinski definition) is 1. The van der Waals surface area contributed by atoms with Crippen LogP contribution in [0.5, 0.6) is 0 Å². The molecule has 0 atom stereocenters. The first-order valence-electron chi connectivity index (χ1n) is 7.06. The third-order valence-electron chi connectivity index (χ3n) is 3.42. The van der Waals surface area contributed by atoms with Gasteiger partial charge in [0.2, 0.25) is 0 Å². The summed E-state index contributed by atoms with van der Waals surface area (Å²) in [6.45, 7) is 0. The van der Waals surface area contributed by atoms with Gasteiger partial charge in [0.25, 0.3) is 0 Å². The number of rotatable bonds is 5. The van der Waals surface area contributed by atoms with Gasteiger partial charge in [-0.2, -0.15) is 0 Å². The number of esters is 5. The van der Waals surface area contributed by atoms with Crippen LogP contribution in [0.4, 0.5) is 0 Å². The van der Waals surface area contributed by atoms with Gasteiger partial charge in [-0.3, -0.25) is 0 Å². The molecule has 0 saturated carbocycles. The molecule has 0 N–H and O–H groups in total. The summed E-state index contributed by atoms with van der Waals surface area (Å²) < 4.78 is 23.0. The van der Waals surface area contributed by atoms with Crippen molar-refractivity contribution in [3.8, 4) is 0 Å². The number of hydrogen-bond acceptors (Lipinski definition) is 11. The third-order valence-corrected chi connectivity index (χ3v) is 3.87. The molecule has 0 spiro atoms. The molecule has 148 valence electrons. The van der Waals surface area contributed by atoms with Crippen molar-refractivity contribution in [2.45, 2.75) is 4.90 Å². The molecule has 0 aliphatic heterocycles. The number of benzene rings is 1. The van der Waals surface area contributed by atoms with E-state index in [0.717, 1.165) is 35.5 Å². The van der Waals surface area contributed by atoms with Crippen molar-refractivity contribution in [3.05, 3.63) is 27.8 Å². The molecule has 0 aliphatic carbocycles. The first kappa shape index (κ1) is 25.5. The number of carbonyl (C=O) groups is 5. The maximum Gasteiger partial charge on any atom is 0.339 e. The SMILES string of the molecule is COC(=O)c1c(S)c(C(=O)OC)c(C(=O)OC)c(C(=O)OC)c1C(=O)OC.[Zn]. The van der Waals surface area contributed by atoms with E-state index in [2.05, 4.69) is 36.3 Å². The van der Waals surface area contributed by atoms with E-state index in [1.54, 1.807) is 0 Å². The van der Waals surface area contributed by atoms with E-state index in [4.69, 9.17) is 0 Å². The van der Waals surface area contributed by atoms with E-state index in [9.17, 15) is 24.0 Å². The first-order valence-corrected chi connectivity index (χ1v) is 7.50. The zero-order valence-corrected chi connectivity index (χ0v) is 19.6. The topological polar surface area (TPSA) is 132 Å². The van der Waals surface area contributed by atoms with Gasteiger partial charge in [-0.1, -0.05) is 0 Å². The van der Waals surface area contributed by atoms with Gasteiger partial charge in [0.1, 0.15) is 0 Å². The second-order valence-electron chi connectivity index (χ2n) is 4.68. The van der Waals surface area contributed by atoms with Crippen molar-refractivity contribution >= 4 is 42.5 Å². The van der Waals surface area contributed by atoms with Gasteiger partial charge >= 0.3 is 29.8 Å². The molecule has 0 amide bonds. The van der Waals surface area contributed by atoms with Gasteiger partial charge in [-0.25, -0.2) is 24.0 Å². The molecule has 0 bridgehead atoms. The van der Waals surface area contributed by atoms with Crippen LogP contribution >= 0.6 is 12.6 Å². The summed E-state index contributed by atoms with van der Waals surface area (Å²) in [7, 11) is 4.93. The van der Waals surface area contributed by atoms with Gasteiger partial charge in [0, 0.05) is 24.4 Å². The Bertz CT molecular complexity index is 776. The molecule has 0 heterocycles. The van der Waals surface area contributed by atoms with Crippen LogP contribution in [0.15, 0.2) is 4.90 Å². The Balaban J connectivity index is 0.00000729. The molecular weight excluding hydrogens is 450 g/mol. The monoisotopic (exact) mass is 464 g/mol. The van der Waals surface area contributed by atoms with Crippen LogP contribution in [0.25, 0.3) is 0 Å². The minimum Gasteiger partial charge on any atom is -0.465 e. The van der Waals surface area contributed by atoms with Crippen molar-refractivity contribution in [1.82, 2.24) is 0 Å². The molecule has 0 saturated heterocycles. The van der Waals surface area contributed by atoms with Crippen LogP contribution in [-0.4, -0.2) is 65.4 Å². The Morgan fingerprint density at radius 2 is 0.679 bits per heavy atom. The first-order chi connectivity index (χ1) is 12.7. The molecule has 0 fully saturated rings. The fourth-order valence-corrected chi connectivity index (χ4v) is 2.66. The van der Waals surface area contributed by atoms with Crippen molar-refractivity contribution in [2.75, 3.05) is 35.5 Å². The van der Waals surface area contributed by atoms with Crippen LogP contribution in [0.3, 0.4) is 0 Å². The van der Waals surface area contributed by atoms with Gasteiger partial charge in [0.15, 0.2) is 0 Å². The molecule has 28 heavy (non-hydrogen) atoms. The number of methoxy groups -OCH3 is 5. The second kappa shape index (κ2) is 10.8. The predicted octanol–water partition coefficient (Wildman–Crippen LogP) is 0.906. The van der Waals surface area contributed by atoms with Crippen LogP contribution in [0.2, 0.25) is 0 Å². The average Bonchev–Trinajstić information content (AvgIpc) is 2.69. The van der Waals surface area contributed by atoms with E-state index in [-0.39, 0.29) is 19.5 Å². The van der Waals surface area contributed by atoms with Gasteiger partial charge in [-0.05, 0) is 0 Å². The minimum atomic E-state index is -1.21. The van der Waals surface area contributed by atoms with E-state index in [0.29, 0.717) is 0 Å². The molecular formula is C16H16O10SZn. The van der Waals surface area contributed by atoms with Crippen LogP contribution in [-0.2, 0) is 43.2 Å². The Morgan fingerprint density at radius 3 is 0.893 bits per heavy atom. The summed E-state index contributed by atoms with van der Waals surface area (Å²) >= 11 is 4.08. The van der Waals surface area contributed by atoms with Crippen molar-refractivity contribution in [2.24, 2.45) is 0 Å². The summed E-state index contributed by atoms with van der Waals surface area (Å²) in [5, 5.41) is 0.